The number of aryl methyl sites for hydroxylation is 1. The highest BCUT2D eigenvalue weighted by molar-refractivity contribution is 7.83. The van der Waals surface area contributed by atoms with Crippen LogP contribution in [0.15, 0.2) is 42.9 Å². The van der Waals surface area contributed by atoms with Crippen molar-refractivity contribution in [3.8, 4) is 0 Å². The van der Waals surface area contributed by atoms with Gasteiger partial charge >= 0.3 is 10.3 Å². The lowest BCUT2D eigenvalue weighted by molar-refractivity contribution is 0.133. The average Bonchev–Trinajstić information content (AvgIpc) is 3.47. The lowest BCUT2D eigenvalue weighted by Gasteiger charge is -2.27. The molecule has 2 aliphatic carbocycles. The van der Waals surface area contributed by atoms with E-state index in [0.717, 1.165) is 29.7 Å². The van der Waals surface area contributed by atoms with E-state index in [1.54, 1.807) is 6.33 Å². The molecule has 32 heavy (non-hydrogen) atoms. The van der Waals surface area contributed by atoms with Gasteiger partial charge in [0.15, 0.2) is 0 Å². The van der Waals surface area contributed by atoms with Crippen LogP contribution < -0.4 is 9.62 Å². The van der Waals surface area contributed by atoms with Gasteiger partial charge in [0.2, 0.25) is 0 Å². The van der Waals surface area contributed by atoms with Crippen molar-refractivity contribution in [3.05, 3.63) is 54.0 Å². The smallest absolute Gasteiger partial charge is 0.333 e. The van der Waals surface area contributed by atoms with Crippen LogP contribution in [0, 0.1) is 5.92 Å². The Labute approximate surface area is 187 Å². The minimum atomic E-state index is -4.28. The number of nitrogens with zero attached hydrogens (tertiary/aromatic N) is 4. The summed E-state index contributed by atoms with van der Waals surface area (Å²) in [4.78, 5) is 11.4. The van der Waals surface area contributed by atoms with Crippen LogP contribution in [0.3, 0.4) is 0 Å². The summed E-state index contributed by atoms with van der Waals surface area (Å²) >= 11 is 0. The largest absolute Gasteiger partial charge is 0.393 e. The number of aromatic nitrogens is 3. The molecule has 0 unspecified atom stereocenters. The van der Waals surface area contributed by atoms with Crippen LogP contribution in [0.5, 0.6) is 0 Å². The molecule has 0 aliphatic heterocycles. The molecule has 2 heterocycles. The Kier molecular flexibility index (Phi) is 5.40. The third kappa shape index (κ3) is 3.88. The molecule has 4 atom stereocenters. The van der Waals surface area contributed by atoms with Gasteiger partial charge in [-0.15, -0.1) is 0 Å². The van der Waals surface area contributed by atoms with Crippen molar-refractivity contribution in [3.63, 3.8) is 0 Å². The third-order valence-electron chi connectivity index (χ3n) is 6.94. The molecule has 0 saturated heterocycles. The molecule has 0 spiro atoms. The molecule has 9 nitrogen and oxygen atoms in total. The molecule has 10 heteroatoms. The number of aliphatic hydroxyl groups excluding tert-OH is 1. The maximum Gasteiger partial charge on any atom is 0.333 e. The molecule has 2 aliphatic rings. The number of hydrogen-bond acceptors (Lipinski definition) is 6. The molecule has 1 fully saturated rings. The van der Waals surface area contributed by atoms with Gasteiger partial charge in [-0.1, -0.05) is 24.3 Å². The summed E-state index contributed by atoms with van der Waals surface area (Å²) in [6, 6.07) is 10.8. The molecule has 3 aromatic rings. The van der Waals surface area contributed by atoms with Crippen molar-refractivity contribution in [2.24, 2.45) is 5.92 Å². The topological polar surface area (TPSA) is 121 Å². The molecule has 170 valence electrons. The maximum atomic E-state index is 11.0. The Balaban J connectivity index is 1.41. The number of fused-ring (bicyclic) bond motifs is 2. The fraction of sp³-hybridized carbons (Fsp3) is 0.455. The predicted molar refractivity (Wildman–Crippen MR) is 121 cm³/mol. The summed E-state index contributed by atoms with van der Waals surface area (Å²) in [5.74, 6) is 0.594. The van der Waals surface area contributed by atoms with Crippen LogP contribution in [0.1, 0.15) is 42.5 Å². The van der Waals surface area contributed by atoms with Crippen LogP contribution in [-0.4, -0.2) is 52.3 Å². The second-order valence-corrected chi connectivity index (χ2v) is 10.0. The van der Waals surface area contributed by atoms with E-state index in [4.69, 9.17) is 4.55 Å². The number of hydrogen-bond donors (Lipinski definition) is 3. The summed E-state index contributed by atoms with van der Waals surface area (Å²) < 4.78 is 35.1. The summed E-state index contributed by atoms with van der Waals surface area (Å²) in [5.41, 5.74) is 3.53. The van der Waals surface area contributed by atoms with E-state index >= 15 is 0 Å². The van der Waals surface area contributed by atoms with Gasteiger partial charge in [-0.05, 0) is 42.9 Å². The van der Waals surface area contributed by atoms with Crippen LogP contribution >= 0.6 is 0 Å². The van der Waals surface area contributed by atoms with Gasteiger partial charge in [0.25, 0.3) is 0 Å². The van der Waals surface area contributed by atoms with Gasteiger partial charge in [-0.3, -0.25) is 4.55 Å². The fourth-order valence-electron chi connectivity index (χ4n) is 5.35. The SMILES string of the molecule is CN(c1ncnc2c1ccn2[C@@H]1C[C@@H](CNS(=O)(=O)O)[C@@H](O)C1)[C@H]1CCc2ccccc21. The Bertz CT molecular complexity index is 1240. The highest BCUT2D eigenvalue weighted by Crippen LogP contribution is 2.40. The van der Waals surface area contributed by atoms with E-state index in [2.05, 4.69) is 50.9 Å². The first-order chi connectivity index (χ1) is 15.3. The zero-order valence-electron chi connectivity index (χ0n) is 17.8. The summed E-state index contributed by atoms with van der Waals surface area (Å²) in [6.07, 6.45) is 6.05. The van der Waals surface area contributed by atoms with E-state index in [9.17, 15) is 13.5 Å². The molecule has 5 rings (SSSR count). The molecular formula is C22H27N5O4S. The minimum Gasteiger partial charge on any atom is -0.393 e. The first-order valence-corrected chi connectivity index (χ1v) is 12.3. The van der Waals surface area contributed by atoms with E-state index < -0.39 is 16.4 Å². The standard InChI is InChI=1S/C22H27N5O4S/c1-26(19-7-6-14-4-2-3-5-17(14)19)21-18-8-9-27(22(18)24-13-23-21)16-10-15(20(28)11-16)12-25-32(29,30)31/h2-5,8-9,13,15-16,19-20,25,28H,6-7,10-12H2,1H3,(H,29,30,31)/t15-,16+,19-,20-/m0/s1. The van der Waals surface area contributed by atoms with E-state index in [-0.39, 0.29) is 24.5 Å². The summed E-state index contributed by atoms with van der Waals surface area (Å²) in [5, 5.41) is 11.4. The highest BCUT2D eigenvalue weighted by atomic mass is 32.2. The van der Waals surface area contributed by atoms with Gasteiger partial charge in [-0.2, -0.15) is 13.1 Å². The number of rotatable bonds is 6. The highest BCUT2D eigenvalue weighted by Gasteiger charge is 2.35. The third-order valence-corrected chi connectivity index (χ3v) is 7.48. The van der Waals surface area contributed by atoms with Gasteiger partial charge in [0.05, 0.1) is 17.5 Å². The van der Waals surface area contributed by atoms with Crippen LogP contribution in [0.25, 0.3) is 11.0 Å². The number of benzene rings is 1. The van der Waals surface area contributed by atoms with Crippen LogP contribution in [0.2, 0.25) is 0 Å². The quantitative estimate of drug-likeness (QED) is 0.486. The minimum absolute atomic E-state index is 0.000236. The van der Waals surface area contributed by atoms with Crippen LogP contribution in [0.4, 0.5) is 5.82 Å². The van der Waals surface area contributed by atoms with Gasteiger partial charge in [-0.25, -0.2) is 9.97 Å². The molecule has 0 amide bonds. The lowest BCUT2D eigenvalue weighted by Crippen LogP contribution is -2.31. The van der Waals surface area contributed by atoms with Crippen molar-refractivity contribution >= 4 is 27.2 Å². The fourth-order valence-corrected chi connectivity index (χ4v) is 5.78. The Morgan fingerprint density at radius 1 is 1.22 bits per heavy atom. The number of nitrogens with one attached hydrogen (secondary N) is 1. The molecular weight excluding hydrogens is 430 g/mol. The Hall–Kier alpha value is -2.53. The summed E-state index contributed by atoms with van der Waals surface area (Å²) in [7, 11) is -2.21. The monoisotopic (exact) mass is 457 g/mol. The van der Waals surface area contributed by atoms with E-state index in [1.165, 1.54) is 11.1 Å². The van der Waals surface area contributed by atoms with Crippen molar-refractivity contribution in [2.75, 3.05) is 18.5 Å². The lowest BCUT2D eigenvalue weighted by atomic mass is 10.1. The molecule has 0 bridgehead atoms. The summed E-state index contributed by atoms with van der Waals surface area (Å²) in [6.45, 7) is -0.000236. The predicted octanol–water partition coefficient (Wildman–Crippen LogP) is 2.26. The van der Waals surface area contributed by atoms with Gasteiger partial charge in [0.1, 0.15) is 17.8 Å². The maximum absolute atomic E-state index is 11.0. The van der Waals surface area contributed by atoms with Crippen molar-refractivity contribution < 1.29 is 18.1 Å². The van der Waals surface area contributed by atoms with Crippen molar-refractivity contribution in [1.29, 1.82) is 0 Å². The molecule has 3 N–H and O–H groups in total. The number of anilines is 1. The molecule has 1 saturated carbocycles. The zero-order valence-corrected chi connectivity index (χ0v) is 18.6. The molecule has 0 radical (unpaired) electrons. The number of aliphatic hydroxyl groups is 1. The second-order valence-electron chi connectivity index (χ2n) is 8.80. The Morgan fingerprint density at radius 3 is 2.84 bits per heavy atom. The molecule has 1 aromatic carbocycles. The van der Waals surface area contributed by atoms with Crippen molar-refractivity contribution in [2.45, 2.75) is 43.9 Å². The normalized spacial score (nSPS) is 25.3. The average molecular weight is 458 g/mol. The van der Waals surface area contributed by atoms with Gasteiger partial charge in [0, 0.05) is 31.7 Å². The first kappa shape index (κ1) is 21.3. The van der Waals surface area contributed by atoms with E-state index in [0.29, 0.717) is 12.8 Å². The van der Waals surface area contributed by atoms with E-state index in [1.807, 2.05) is 16.8 Å². The zero-order chi connectivity index (χ0) is 22.5. The molecule has 2 aromatic heterocycles. The second kappa shape index (κ2) is 8.11. The van der Waals surface area contributed by atoms with Crippen LogP contribution in [-0.2, 0) is 16.7 Å². The van der Waals surface area contributed by atoms with Crippen molar-refractivity contribution in [1.82, 2.24) is 19.3 Å². The Morgan fingerprint density at radius 2 is 2.03 bits per heavy atom. The first-order valence-electron chi connectivity index (χ1n) is 10.8. The van der Waals surface area contributed by atoms with Gasteiger partial charge < -0.3 is 14.6 Å².